The van der Waals surface area contributed by atoms with Crippen molar-refractivity contribution in [3.8, 4) is 0 Å². The molecular weight excluding hydrogens is 248 g/mol. The van der Waals surface area contributed by atoms with E-state index < -0.39 is 5.41 Å². The Balaban J connectivity index is 2.61. The Kier molecular flexibility index (Phi) is 4.78. The van der Waals surface area contributed by atoms with Crippen LogP contribution in [0.4, 0.5) is 0 Å². The molecule has 98 valence electrons. The van der Waals surface area contributed by atoms with Crippen LogP contribution in [0.5, 0.6) is 0 Å². The molecule has 0 aliphatic carbocycles. The summed E-state index contributed by atoms with van der Waals surface area (Å²) >= 11 is 4.15. The first-order valence-electron chi connectivity index (χ1n) is 5.66. The van der Waals surface area contributed by atoms with Gasteiger partial charge >= 0.3 is 0 Å². The molecule has 0 atom stereocenters. The Bertz CT molecular complexity index is 441. The fraction of sp³-hybridized carbons (Fsp3) is 0.385. The lowest BCUT2D eigenvalue weighted by molar-refractivity contribution is -0.128. The third-order valence-corrected chi connectivity index (χ3v) is 2.96. The first-order chi connectivity index (χ1) is 8.36. The molecule has 0 saturated heterocycles. The fourth-order valence-corrected chi connectivity index (χ4v) is 1.58. The van der Waals surface area contributed by atoms with E-state index in [4.69, 9.17) is 0 Å². The zero-order chi connectivity index (χ0) is 13.8. The highest BCUT2D eigenvalue weighted by Crippen LogP contribution is 2.14. The standard InChI is InChI=1S/C13H18N2O2S/c1-13(2,12(17)14-3)8-15-11(16)9-4-6-10(18)7-5-9/h4-7,18H,8H2,1-3H3,(H,14,17)(H,15,16). The topological polar surface area (TPSA) is 58.2 Å². The molecule has 0 heterocycles. The summed E-state index contributed by atoms with van der Waals surface area (Å²) < 4.78 is 0. The molecule has 0 unspecified atom stereocenters. The molecule has 4 nitrogen and oxygen atoms in total. The number of carbonyl (C=O) groups is 2. The number of rotatable bonds is 4. The summed E-state index contributed by atoms with van der Waals surface area (Å²) in [7, 11) is 1.58. The number of thiol groups is 1. The molecule has 2 N–H and O–H groups in total. The van der Waals surface area contributed by atoms with Crippen molar-refractivity contribution in [2.75, 3.05) is 13.6 Å². The van der Waals surface area contributed by atoms with Gasteiger partial charge in [0.15, 0.2) is 0 Å². The van der Waals surface area contributed by atoms with Crippen molar-refractivity contribution in [2.45, 2.75) is 18.7 Å². The van der Waals surface area contributed by atoms with Gasteiger partial charge in [-0.3, -0.25) is 9.59 Å². The average molecular weight is 266 g/mol. The lowest BCUT2D eigenvalue weighted by Gasteiger charge is -2.22. The van der Waals surface area contributed by atoms with E-state index in [-0.39, 0.29) is 18.4 Å². The number of hydrogen-bond acceptors (Lipinski definition) is 3. The summed E-state index contributed by atoms with van der Waals surface area (Å²) in [6, 6.07) is 6.90. The van der Waals surface area contributed by atoms with Crippen LogP contribution < -0.4 is 10.6 Å². The maximum absolute atomic E-state index is 11.8. The van der Waals surface area contributed by atoms with Gasteiger partial charge in [-0.1, -0.05) is 0 Å². The SMILES string of the molecule is CNC(=O)C(C)(C)CNC(=O)c1ccc(S)cc1. The molecule has 5 heteroatoms. The summed E-state index contributed by atoms with van der Waals surface area (Å²) in [4.78, 5) is 24.2. The first kappa shape index (κ1) is 14.6. The van der Waals surface area contributed by atoms with Gasteiger partial charge in [-0.2, -0.15) is 0 Å². The highest BCUT2D eigenvalue weighted by atomic mass is 32.1. The first-order valence-corrected chi connectivity index (χ1v) is 6.11. The van der Waals surface area contributed by atoms with E-state index in [9.17, 15) is 9.59 Å². The van der Waals surface area contributed by atoms with Crippen LogP contribution in [-0.4, -0.2) is 25.4 Å². The van der Waals surface area contributed by atoms with Crippen molar-refractivity contribution in [1.29, 1.82) is 0 Å². The predicted octanol–water partition coefficient (Wildman–Crippen LogP) is 1.48. The third-order valence-electron chi connectivity index (χ3n) is 2.66. The monoisotopic (exact) mass is 266 g/mol. The molecule has 0 aliphatic rings. The maximum Gasteiger partial charge on any atom is 0.251 e. The molecule has 0 aliphatic heterocycles. The van der Waals surface area contributed by atoms with Crippen LogP contribution in [0.25, 0.3) is 0 Å². The van der Waals surface area contributed by atoms with E-state index in [1.54, 1.807) is 45.2 Å². The molecular formula is C13H18N2O2S. The molecule has 18 heavy (non-hydrogen) atoms. The molecule has 1 rings (SSSR count). The average Bonchev–Trinajstić information content (AvgIpc) is 2.35. The van der Waals surface area contributed by atoms with E-state index in [1.807, 2.05) is 0 Å². The van der Waals surface area contributed by atoms with Crippen molar-refractivity contribution < 1.29 is 9.59 Å². The Hall–Kier alpha value is -1.49. The Morgan fingerprint density at radius 3 is 2.28 bits per heavy atom. The van der Waals surface area contributed by atoms with Crippen molar-refractivity contribution in [2.24, 2.45) is 5.41 Å². The lowest BCUT2D eigenvalue weighted by Crippen LogP contribution is -2.43. The normalized spacial score (nSPS) is 10.9. The highest BCUT2D eigenvalue weighted by Gasteiger charge is 2.27. The second-order valence-corrected chi connectivity index (χ2v) is 5.21. The number of benzene rings is 1. The van der Waals surface area contributed by atoms with E-state index in [0.29, 0.717) is 5.56 Å². The van der Waals surface area contributed by atoms with Gasteiger partial charge in [0.25, 0.3) is 5.91 Å². The van der Waals surface area contributed by atoms with E-state index in [2.05, 4.69) is 23.3 Å². The van der Waals surface area contributed by atoms with Crippen LogP contribution in [0.3, 0.4) is 0 Å². The van der Waals surface area contributed by atoms with E-state index in [1.165, 1.54) is 0 Å². The Labute approximate surface area is 113 Å². The zero-order valence-corrected chi connectivity index (χ0v) is 11.7. The summed E-state index contributed by atoms with van der Waals surface area (Å²) in [5.41, 5.74) is -0.0750. The summed E-state index contributed by atoms with van der Waals surface area (Å²) in [5.74, 6) is -0.297. The summed E-state index contributed by atoms with van der Waals surface area (Å²) in [6.07, 6.45) is 0. The van der Waals surface area contributed by atoms with E-state index in [0.717, 1.165) is 4.90 Å². The zero-order valence-electron chi connectivity index (χ0n) is 10.8. The van der Waals surface area contributed by atoms with Gasteiger partial charge in [-0.25, -0.2) is 0 Å². The molecule has 0 bridgehead atoms. The molecule has 2 amide bonds. The van der Waals surface area contributed by atoms with Crippen molar-refractivity contribution in [3.05, 3.63) is 29.8 Å². The molecule has 0 saturated carbocycles. The van der Waals surface area contributed by atoms with Crippen LogP contribution in [0, 0.1) is 5.41 Å². The number of carbonyl (C=O) groups excluding carboxylic acids is 2. The quantitative estimate of drug-likeness (QED) is 0.723. The number of nitrogens with one attached hydrogen (secondary N) is 2. The minimum Gasteiger partial charge on any atom is -0.359 e. The van der Waals surface area contributed by atoms with Gasteiger partial charge in [0.2, 0.25) is 5.91 Å². The largest absolute Gasteiger partial charge is 0.359 e. The van der Waals surface area contributed by atoms with Crippen LogP contribution in [-0.2, 0) is 4.79 Å². The Morgan fingerprint density at radius 2 is 1.78 bits per heavy atom. The second-order valence-electron chi connectivity index (χ2n) is 4.69. The summed E-state index contributed by atoms with van der Waals surface area (Å²) in [5, 5.41) is 5.33. The van der Waals surface area contributed by atoms with Crippen LogP contribution in [0.15, 0.2) is 29.2 Å². The minimum absolute atomic E-state index is 0.103. The molecule has 1 aromatic rings. The summed E-state index contributed by atoms with van der Waals surface area (Å²) in [6.45, 7) is 3.85. The van der Waals surface area contributed by atoms with Crippen LogP contribution >= 0.6 is 12.6 Å². The second kappa shape index (κ2) is 5.91. The third kappa shape index (κ3) is 3.77. The van der Waals surface area contributed by atoms with E-state index >= 15 is 0 Å². The molecule has 0 fully saturated rings. The van der Waals surface area contributed by atoms with Crippen molar-refractivity contribution >= 4 is 24.4 Å². The van der Waals surface area contributed by atoms with Gasteiger partial charge < -0.3 is 10.6 Å². The number of hydrogen-bond donors (Lipinski definition) is 3. The van der Waals surface area contributed by atoms with Gasteiger partial charge in [-0.15, -0.1) is 12.6 Å². The van der Waals surface area contributed by atoms with Crippen molar-refractivity contribution in [1.82, 2.24) is 10.6 Å². The van der Waals surface area contributed by atoms with Crippen molar-refractivity contribution in [3.63, 3.8) is 0 Å². The maximum atomic E-state index is 11.8. The fourth-order valence-electron chi connectivity index (χ4n) is 1.43. The number of amides is 2. The van der Waals surface area contributed by atoms with Crippen LogP contribution in [0.1, 0.15) is 24.2 Å². The molecule has 0 spiro atoms. The Morgan fingerprint density at radius 1 is 1.22 bits per heavy atom. The highest BCUT2D eigenvalue weighted by molar-refractivity contribution is 7.80. The van der Waals surface area contributed by atoms with Gasteiger partial charge in [0.05, 0.1) is 5.41 Å². The molecule has 1 aromatic carbocycles. The lowest BCUT2D eigenvalue weighted by atomic mass is 9.92. The van der Waals surface area contributed by atoms with Crippen LogP contribution in [0.2, 0.25) is 0 Å². The van der Waals surface area contributed by atoms with Gasteiger partial charge in [0, 0.05) is 24.1 Å². The van der Waals surface area contributed by atoms with Gasteiger partial charge in [0.1, 0.15) is 0 Å². The van der Waals surface area contributed by atoms with Gasteiger partial charge in [-0.05, 0) is 38.1 Å². The molecule has 0 aromatic heterocycles. The minimum atomic E-state index is -0.631. The predicted molar refractivity (Wildman–Crippen MR) is 73.9 cm³/mol. The smallest absolute Gasteiger partial charge is 0.251 e. The molecule has 0 radical (unpaired) electrons.